The van der Waals surface area contributed by atoms with Gasteiger partial charge >= 0.3 is 0 Å². The van der Waals surface area contributed by atoms with E-state index in [9.17, 15) is 0 Å². The van der Waals surface area contributed by atoms with Crippen molar-refractivity contribution in [3.8, 4) is 0 Å². The van der Waals surface area contributed by atoms with Gasteiger partial charge in [-0.2, -0.15) is 0 Å². The third-order valence-corrected chi connectivity index (χ3v) is 0. The van der Waals surface area contributed by atoms with Gasteiger partial charge in [-0.15, -0.1) is 0 Å². The minimum Gasteiger partial charge on any atom is -0.565 e. The summed E-state index contributed by atoms with van der Waals surface area (Å²) in [5, 5.41) is 15.3. The Morgan fingerprint density at radius 2 is 1.80 bits per heavy atom. The summed E-state index contributed by atoms with van der Waals surface area (Å²) in [7, 11) is 0. The van der Waals surface area contributed by atoms with Crippen molar-refractivity contribution >= 4 is 64.3 Å². The van der Waals surface area contributed by atoms with Crippen molar-refractivity contribution in [3.63, 3.8) is 0 Å². The van der Waals surface area contributed by atoms with Crippen molar-refractivity contribution in [2.75, 3.05) is 0 Å². The third kappa shape index (κ3) is 41.5. The van der Waals surface area contributed by atoms with Crippen LogP contribution in [0.25, 0.3) is 0 Å². The van der Waals surface area contributed by atoms with Crippen LogP contribution in [0.1, 0.15) is 0 Å². The van der Waals surface area contributed by atoms with Crippen LogP contribution in [0.2, 0.25) is 0 Å². The summed E-state index contributed by atoms with van der Waals surface area (Å²) in [5.74, 6) is 0. The van der Waals surface area contributed by atoms with Crippen molar-refractivity contribution in [2.45, 2.75) is 0 Å². The maximum absolute atomic E-state index is 8.44. The van der Waals surface area contributed by atoms with E-state index in [2.05, 4.69) is 0 Å². The molecule has 0 aromatic heterocycles. The Kier molecular flexibility index (Phi) is 9.56. The normalized spacial score (nSPS) is 4.80. The van der Waals surface area contributed by atoms with Crippen molar-refractivity contribution in [1.29, 1.82) is 0 Å². The van der Waals surface area contributed by atoms with E-state index in [1.807, 2.05) is 0 Å². The maximum atomic E-state index is 8.44. The third-order valence-electron chi connectivity index (χ3n) is 0. The first-order valence-electron chi connectivity index (χ1n) is 0.632. The van der Waals surface area contributed by atoms with Crippen molar-refractivity contribution in [2.24, 2.45) is 0 Å². The van der Waals surface area contributed by atoms with Gasteiger partial charge in [0.05, 0.1) is 0 Å². The van der Waals surface area contributed by atoms with Crippen LogP contribution in [0, 0.1) is 0 Å². The maximum Gasteiger partial charge on any atom is 0.249 e. The molecule has 0 amide bonds. The molecule has 0 unspecified atom stereocenters. The molecule has 25 valence electrons. The zero-order chi connectivity index (χ0) is 3.58. The van der Waals surface area contributed by atoms with Crippen molar-refractivity contribution in [3.05, 3.63) is 0 Å². The fraction of sp³-hybridized carbons (Fsp3) is 0. The van der Waals surface area contributed by atoms with Gasteiger partial charge in [0, 0.05) is 58.2 Å². The van der Waals surface area contributed by atoms with E-state index < -0.39 is 6.16 Å². The molecule has 1 N–H and O–H groups in total. The van der Waals surface area contributed by atoms with Crippen LogP contribution in [0.15, 0.2) is 0 Å². The molecule has 0 rings (SSSR count). The van der Waals surface area contributed by atoms with Gasteiger partial charge in [0.2, 0.25) is 6.16 Å². The predicted octanol–water partition coefficient (Wildman–Crippen LogP) is -1.49. The molecule has 4 heteroatoms. The molecule has 0 spiro atoms. The Balaban J connectivity index is 0. The molecule has 0 heterocycles. The summed E-state index contributed by atoms with van der Waals surface area (Å²) in [6.07, 6.45) is -2.08. The minimum absolute atomic E-state index is 0. The van der Waals surface area contributed by atoms with Gasteiger partial charge in [-0.25, -0.2) is 0 Å². The summed E-state index contributed by atoms with van der Waals surface area (Å²) >= 11 is 0. The smallest absolute Gasteiger partial charge is 0.249 e. The molecule has 5 heavy (non-hydrogen) atoms. The van der Waals surface area contributed by atoms with Gasteiger partial charge in [0.25, 0.3) is 0 Å². The van der Waals surface area contributed by atoms with Gasteiger partial charge in [0.15, 0.2) is 0 Å². The first-order chi connectivity index (χ1) is 1.73. The molecule has 0 saturated carbocycles. The average Bonchev–Trinajstić information content (AvgIpc) is 0.811. The zero-order valence-electron chi connectivity index (χ0n) is 2.76. The monoisotopic (exact) mass is 146 g/mol. The topological polar surface area (TPSA) is 60.4 Å². The Bertz CT molecular complexity index is 29.9. The summed E-state index contributed by atoms with van der Waals surface area (Å²) in [5.41, 5.74) is 0. The van der Waals surface area contributed by atoms with E-state index in [1.165, 1.54) is 0 Å². The molecule has 0 atom stereocenters. The molecule has 0 aliphatic rings. The van der Waals surface area contributed by atoms with E-state index in [0.717, 1.165) is 0 Å². The summed E-state index contributed by atoms with van der Waals surface area (Å²) in [6, 6.07) is 0. The Morgan fingerprint density at radius 1 is 1.80 bits per heavy atom. The number of rotatable bonds is 0. The SMILES string of the molecule is O=C([O-])O.[Rb]. The molecule has 0 aromatic rings. The second-order valence-corrected chi connectivity index (χ2v) is 0.266. The molecule has 0 saturated heterocycles. The fourth-order valence-corrected chi connectivity index (χ4v) is 0. The second kappa shape index (κ2) is 5.08. The number of hydrogen-bond acceptors (Lipinski definition) is 2. The molecular formula is CHO3Rb-. The van der Waals surface area contributed by atoms with Gasteiger partial charge < -0.3 is 15.0 Å². The van der Waals surface area contributed by atoms with E-state index in [1.54, 1.807) is 0 Å². The van der Waals surface area contributed by atoms with Crippen molar-refractivity contribution in [1.82, 2.24) is 0 Å². The average molecular weight is 146 g/mol. The Hall–Kier alpha value is 1.08. The largest absolute Gasteiger partial charge is 0.565 e. The Labute approximate surface area is 77.8 Å². The van der Waals surface area contributed by atoms with Crippen LogP contribution >= 0.6 is 0 Å². The van der Waals surface area contributed by atoms with Crippen LogP contribution in [0.3, 0.4) is 0 Å². The summed E-state index contributed by atoms with van der Waals surface area (Å²) in [4.78, 5) is 8.44. The molecule has 1 radical (unpaired) electrons. The standard InChI is InChI=1S/CH2O3.Rb/c2-1(3)4;/h(H2,2,3,4);/p-1. The van der Waals surface area contributed by atoms with E-state index >= 15 is 0 Å². The fourth-order valence-electron chi connectivity index (χ4n) is 0. The number of carboxylic acid groups (broad SMARTS) is 2. The zero-order valence-corrected chi connectivity index (χ0v) is 7.68. The molecule has 0 aromatic carbocycles. The first-order valence-corrected chi connectivity index (χ1v) is 0.632. The van der Waals surface area contributed by atoms with Crippen LogP contribution in [-0.2, 0) is 0 Å². The van der Waals surface area contributed by atoms with Crippen molar-refractivity contribution < 1.29 is 15.0 Å². The molecule has 0 fully saturated rings. The van der Waals surface area contributed by atoms with E-state index in [-0.39, 0.29) is 58.2 Å². The van der Waals surface area contributed by atoms with E-state index in [4.69, 9.17) is 15.0 Å². The van der Waals surface area contributed by atoms with Gasteiger partial charge in [-0.05, 0) is 0 Å². The molecule has 0 aliphatic heterocycles. The minimum atomic E-state index is -2.08. The summed E-state index contributed by atoms with van der Waals surface area (Å²) in [6.45, 7) is 0. The van der Waals surface area contributed by atoms with Crippen LogP contribution in [0.5, 0.6) is 0 Å². The van der Waals surface area contributed by atoms with Gasteiger partial charge in [-0.1, -0.05) is 0 Å². The van der Waals surface area contributed by atoms with Gasteiger partial charge in [0.1, 0.15) is 0 Å². The molecule has 0 aliphatic carbocycles. The van der Waals surface area contributed by atoms with Gasteiger partial charge in [-0.3, -0.25) is 0 Å². The second-order valence-electron chi connectivity index (χ2n) is 0.266. The predicted molar refractivity (Wildman–Crippen MR) is 13.8 cm³/mol. The number of hydrogen-bond donors (Lipinski definition) is 1. The van der Waals surface area contributed by atoms with Crippen LogP contribution in [-0.4, -0.2) is 69.4 Å². The first kappa shape index (κ1) is 9.42. The van der Waals surface area contributed by atoms with Crippen LogP contribution < -0.4 is 5.11 Å². The molecule has 3 nitrogen and oxygen atoms in total. The quantitative estimate of drug-likeness (QED) is 0.453. The Morgan fingerprint density at radius 3 is 1.80 bits per heavy atom. The molecule has 0 bridgehead atoms. The molecular weight excluding hydrogens is 145 g/mol. The number of carbonyl (C=O) groups is 1. The summed E-state index contributed by atoms with van der Waals surface area (Å²) < 4.78 is 0. The van der Waals surface area contributed by atoms with E-state index in [0.29, 0.717) is 0 Å². The van der Waals surface area contributed by atoms with Crippen LogP contribution in [0.4, 0.5) is 4.79 Å².